The van der Waals surface area contributed by atoms with Crippen LogP contribution in [0, 0.1) is 22.7 Å². The maximum atomic E-state index is 13.5. The molecule has 4 aliphatic rings. The molecule has 4 rings (SSSR count). The Bertz CT molecular complexity index is 1120. The summed E-state index contributed by atoms with van der Waals surface area (Å²) in [5, 5.41) is 0. The quantitative estimate of drug-likeness (QED) is 0.154. The van der Waals surface area contributed by atoms with Gasteiger partial charge in [0.15, 0.2) is 5.60 Å². The maximum absolute atomic E-state index is 13.5. The molecule has 4 saturated carbocycles. The lowest BCUT2D eigenvalue weighted by Crippen LogP contribution is -2.46. The Morgan fingerprint density at radius 2 is 1.53 bits per heavy atom. The van der Waals surface area contributed by atoms with Crippen molar-refractivity contribution in [2.45, 2.75) is 129 Å². The normalized spacial score (nSPS) is 33.2. The van der Waals surface area contributed by atoms with Crippen molar-refractivity contribution >= 4 is 11.9 Å². The first-order chi connectivity index (χ1) is 19.9. The van der Waals surface area contributed by atoms with E-state index in [-0.39, 0.29) is 47.3 Å². The molecule has 0 N–H and O–H groups in total. The van der Waals surface area contributed by atoms with E-state index in [1.54, 1.807) is 0 Å². The zero-order chi connectivity index (χ0) is 31.8. The van der Waals surface area contributed by atoms with Crippen molar-refractivity contribution in [2.24, 2.45) is 22.7 Å². The molecule has 0 aromatic carbocycles. The Balaban J connectivity index is 1.49. The molecule has 0 saturated heterocycles. The Hall–Kier alpha value is -2.30. The molecule has 4 fully saturated rings. The summed E-state index contributed by atoms with van der Waals surface area (Å²) >= 11 is 0. The molecule has 0 aromatic heterocycles. The van der Waals surface area contributed by atoms with Gasteiger partial charge in [-0.3, -0.25) is 14.3 Å². The van der Waals surface area contributed by atoms with Crippen LogP contribution in [0.15, 0.2) is 35.5 Å². The molecule has 0 aliphatic heterocycles. The van der Waals surface area contributed by atoms with Crippen molar-refractivity contribution in [1.82, 2.24) is 0 Å². The van der Waals surface area contributed by atoms with Crippen LogP contribution < -0.4 is 0 Å². The first-order valence-corrected chi connectivity index (χ1v) is 15.1. The number of rotatable bonds is 8. The van der Waals surface area contributed by atoms with Crippen LogP contribution in [0.25, 0.3) is 0 Å². The second kappa shape index (κ2) is 12.2. The fourth-order valence-electron chi connectivity index (χ4n) is 8.18. The summed E-state index contributed by atoms with van der Waals surface area (Å²) in [5.74, 6) is -0.212. The molecule has 4 aliphatic carbocycles. The lowest BCUT2D eigenvalue weighted by atomic mass is 9.59. The van der Waals surface area contributed by atoms with Crippen LogP contribution >= 0.6 is 0 Å². The number of fused-ring (bicyclic) bond motifs is 1. The van der Waals surface area contributed by atoms with E-state index in [0.29, 0.717) is 38.2 Å². The van der Waals surface area contributed by atoms with Gasteiger partial charge in [-0.15, -0.1) is 13.2 Å². The summed E-state index contributed by atoms with van der Waals surface area (Å²) in [4.78, 5) is 23.2. The molecule has 0 heterocycles. The average Bonchev–Trinajstić information content (AvgIpc) is 3.52. The van der Waals surface area contributed by atoms with Gasteiger partial charge in [-0.1, -0.05) is 36.3 Å². The predicted octanol–water partition coefficient (Wildman–Crippen LogP) is 8.69. The Morgan fingerprint density at radius 3 is 2.05 bits per heavy atom. The monoisotopic (exact) mass is 620 g/mol. The van der Waals surface area contributed by atoms with E-state index in [0.717, 1.165) is 50.5 Å². The van der Waals surface area contributed by atoms with Crippen molar-refractivity contribution in [3.63, 3.8) is 0 Å². The average molecular weight is 621 g/mol. The first kappa shape index (κ1) is 33.6. The number of halogens is 6. The maximum Gasteiger partial charge on any atom is 0.523 e. The number of alkyl halides is 6. The molecule has 0 amide bonds. The van der Waals surface area contributed by atoms with Crippen molar-refractivity contribution < 1.29 is 50.1 Å². The molecule has 0 spiro atoms. The summed E-state index contributed by atoms with van der Waals surface area (Å²) in [5.41, 5.74) is -1.37. The number of carbonyl (C=O) groups excluding carboxylic acids is 2. The summed E-state index contributed by atoms with van der Waals surface area (Å²) in [7, 11) is 0. The van der Waals surface area contributed by atoms with Crippen LogP contribution in [0.2, 0.25) is 0 Å². The lowest BCUT2D eigenvalue weighted by Gasteiger charge is -2.45. The van der Waals surface area contributed by atoms with E-state index in [4.69, 9.17) is 9.47 Å². The summed E-state index contributed by atoms with van der Waals surface area (Å²) in [6.07, 6.45) is 2.94. The van der Waals surface area contributed by atoms with Crippen molar-refractivity contribution in [3.8, 4) is 0 Å². The number of hydrogen-bond donors (Lipinski definition) is 0. The van der Waals surface area contributed by atoms with E-state index in [1.807, 2.05) is 0 Å². The van der Waals surface area contributed by atoms with E-state index in [1.165, 1.54) is 25.5 Å². The third kappa shape index (κ3) is 7.87. The molecule has 43 heavy (non-hydrogen) atoms. The summed E-state index contributed by atoms with van der Waals surface area (Å²) < 4.78 is 93.4. The highest BCUT2D eigenvalue weighted by Crippen LogP contribution is 2.69. The van der Waals surface area contributed by atoms with Crippen molar-refractivity contribution in [2.75, 3.05) is 0 Å². The van der Waals surface area contributed by atoms with E-state index >= 15 is 0 Å². The predicted molar refractivity (Wildman–Crippen MR) is 146 cm³/mol. The number of ether oxygens (including phenoxy) is 3. The van der Waals surface area contributed by atoms with E-state index in [9.17, 15) is 35.9 Å². The molecule has 242 valence electrons. The largest absolute Gasteiger partial charge is 0.523 e. The Labute approximate surface area is 249 Å². The van der Waals surface area contributed by atoms with Crippen molar-refractivity contribution in [3.05, 3.63) is 35.5 Å². The molecule has 6 atom stereocenters. The Kier molecular flexibility index (Phi) is 9.56. The van der Waals surface area contributed by atoms with E-state index in [2.05, 4.69) is 23.8 Å². The molecule has 0 bridgehead atoms. The highest BCUT2D eigenvalue weighted by Gasteiger charge is 2.61. The molecule has 0 radical (unpaired) electrons. The molecule has 11 heteroatoms. The second-order valence-electron chi connectivity index (χ2n) is 13.3. The molecule has 0 aromatic rings. The third-order valence-corrected chi connectivity index (χ3v) is 10.2. The van der Waals surface area contributed by atoms with Crippen LogP contribution in [0.5, 0.6) is 0 Å². The van der Waals surface area contributed by atoms with Crippen LogP contribution in [0.3, 0.4) is 0 Å². The summed E-state index contributed by atoms with van der Waals surface area (Å²) in [6, 6.07) is 0. The zero-order valence-electron chi connectivity index (χ0n) is 25.2. The Morgan fingerprint density at radius 1 is 0.930 bits per heavy atom. The highest BCUT2D eigenvalue weighted by atomic mass is 19.4. The molecule has 1 unspecified atom stereocenters. The summed E-state index contributed by atoms with van der Waals surface area (Å²) in [6.45, 7) is 5.38. The molecular weight excluding hydrogens is 578 g/mol. The third-order valence-electron chi connectivity index (χ3n) is 10.2. The number of carbonyl (C=O) groups is 2. The SMILES string of the molecule is CC(=O)O[C@@H]1CC(=C/C=C2\CCC[C@]3(C)[C@@H](C4(C/C=C/C(C)(OC(F)(F)F)C(F)(F)F)CC4)CC[C@@H]23)C[C@@H](OC(C)=O)C1. The highest BCUT2D eigenvalue weighted by molar-refractivity contribution is 5.67. The fraction of sp³-hybridized carbons (Fsp3) is 0.750. The second-order valence-corrected chi connectivity index (χ2v) is 13.3. The van der Waals surface area contributed by atoms with Gasteiger partial charge in [0.25, 0.3) is 0 Å². The van der Waals surface area contributed by atoms with Gasteiger partial charge < -0.3 is 9.47 Å². The zero-order valence-corrected chi connectivity index (χ0v) is 25.2. The van der Waals surface area contributed by atoms with Gasteiger partial charge in [-0.25, -0.2) is 0 Å². The minimum atomic E-state index is -5.42. The van der Waals surface area contributed by atoms with Gasteiger partial charge in [0.2, 0.25) is 0 Å². The van der Waals surface area contributed by atoms with Gasteiger partial charge in [-0.2, -0.15) is 13.2 Å². The van der Waals surface area contributed by atoms with Crippen molar-refractivity contribution in [1.29, 1.82) is 0 Å². The van der Waals surface area contributed by atoms with Gasteiger partial charge in [0.05, 0.1) is 0 Å². The van der Waals surface area contributed by atoms with Crippen LogP contribution in [0.1, 0.15) is 98.3 Å². The van der Waals surface area contributed by atoms with E-state index < -0.39 is 18.1 Å². The minimum Gasteiger partial charge on any atom is -0.462 e. The molecule has 5 nitrogen and oxygen atoms in total. The van der Waals surface area contributed by atoms with Crippen LogP contribution in [-0.4, -0.2) is 42.3 Å². The number of esters is 2. The fourth-order valence-corrected chi connectivity index (χ4v) is 8.18. The topological polar surface area (TPSA) is 61.8 Å². The minimum absolute atomic E-state index is 0.0597. The lowest BCUT2D eigenvalue weighted by molar-refractivity contribution is -0.398. The van der Waals surface area contributed by atoms with Gasteiger partial charge in [-0.05, 0) is 87.0 Å². The van der Waals surface area contributed by atoms with Gasteiger partial charge in [0.1, 0.15) is 12.2 Å². The molecular formula is C32H42F6O5. The van der Waals surface area contributed by atoms with Crippen LogP contribution in [-0.2, 0) is 23.8 Å². The standard InChI is InChI=1S/C32H42F6O5/c1-20(39)41-24-17-22(18-25(19-24)42-21(2)40)8-9-23-7-5-12-28(3)26(23)10-11-27(28)30(15-16-30)14-6-13-29(4,31(33,34)35)43-32(36,37)38/h6,8-9,13,24-27H,5,7,10-12,14-19H2,1-4H3/b13-6+,23-9+/t24-,25-,26+,27+,28+,29?/m1/s1. The van der Waals surface area contributed by atoms with Crippen LogP contribution in [0.4, 0.5) is 26.3 Å². The van der Waals surface area contributed by atoms with Gasteiger partial charge >= 0.3 is 24.5 Å². The number of allylic oxidation sites excluding steroid dienone is 4. The van der Waals surface area contributed by atoms with Gasteiger partial charge in [0, 0.05) is 33.1 Å². The smallest absolute Gasteiger partial charge is 0.462 e. The number of hydrogen-bond acceptors (Lipinski definition) is 5. The first-order valence-electron chi connectivity index (χ1n) is 15.1.